The topological polar surface area (TPSA) is 54.9 Å². The number of aromatic nitrogens is 2. The normalized spacial score (nSPS) is 10.6. The number of carbonyl (C=O) groups excluding carboxylic acids is 1. The molecule has 0 bridgehead atoms. The first-order valence-electron chi connectivity index (χ1n) is 7.55. The maximum atomic E-state index is 12.4. The van der Waals surface area contributed by atoms with E-state index in [-0.39, 0.29) is 5.91 Å². The Labute approximate surface area is 149 Å². The van der Waals surface area contributed by atoms with Crippen LogP contribution in [0.25, 0.3) is 0 Å². The van der Waals surface area contributed by atoms with Gasteiger partial charge in [-0.05, 0) is 43.7 Å². The second kappa shape index (κ2) is 7.55. The lowest BCUT2D eigenvalue weighted by Crippen LogP contribution is -2.11. The molecule has 0 atom stereocenters. The van der Waals surface area contributed by atoms with Gasteiger partial charge in [-0.1, -0.05) is 23.7 Å². The van der Waals surface area contributed by atoms with E-state index >= 15 is 0 Å². The Hall–Kier alpha value is -2.24. The molecule has 0 aliphatic carbocycles. The molecular formula is C18H16ClN3OS. The third-order valence-corrected chi connectivity index (χ3v) is 4.90. The number of benzene rings is 1. The maximum Gasteiger partial charge on any atom is 0.267 e. The lowest BCUT2D eigenvalue weighted by molar-refractivity contribution is 0.103. The van der Waals surface area contributed by atoms with Crippen molar-refractivity contribution in [1.29, 1.82) is 0 Å². The van der Waals surface area contributed by atoms with Gasteiger partial charge in [0.05, 0.1) is 10.7 Å². The van der Waals surface area contributed by atoms with Crippen LogP contribution in [0.4, 0.5) is 5.69 Å². The Morgan fingerprint density at radius 2 is 2.08 bits per heavy atom. The smallest absolute Gasteiger partial charge is 0.267 e. The van der Waals surface area contributed by atoms with Gasteiger partial charge in [0.2, 0.25) is 0 Å². The minimum Gasteiger partial charge on any atom is -0.321 e. The second-order valence-electron chi connectivity index (χ2n) is 5.31. The van der Waals surface area contributed by atoms with Gasteiger partial charge in [-0.15, -0.1) is 11.3 Å². The van der Waals surface area contributed by atoms with Gasteiger partial charge < -0.3 is 5.32 Å². The molecule has 0 spiro atoms. The summed E-state index contributed by atoms with van der Waals surface area (Å²) in [7, 11) is 0. The third kappa shape index (κ3) is 4.19. The summed E-state index contributed by atoms with van der Waals surface area (Å²) in [4.78, 5) is 21.9. The summed E-state index contributed by atoms with van der Waals surface area (Å²) in [5.41, 5.74) is 2.45. The Bertz CT molecular complexity index is 848. The number of amides is 1. The average Bonchev–Trinajstić information content (AvgIpc) is 2.95. The van der Waals surface area contributed by atoms with Crippen molar-refractivity contribution in [3.8, 4) is 0 Å². The largest absolute Gasteiger partial charge is 0.321 e. The van der Waals surface area contributed by atoms with Gasteiger partial charge in [-0.2, -0.15) is 0 Å². The molecule has 4 nitrogen and oxygen atoms in total. The number of pyridine rings is 1. The van der Waals surface area contributed by atoms with E-state index in [4.69, 9.17) is 11.6 Å². The number of nitrogens with zero attached hydrogens (tertiary/aromatic N) is 2. The highest BCUT2D eigenvalue weighted by Gasteiger charge is 2.15. The molecule has 0 aliphatic rings. The Morgan fingerprint density at radius 3 is 2.83 bits per heavy atom. The SMILES string of the molecule is Cc1nc(CCc2ccccn2)sc1C(=O)Nc1cccc(Cl)c1. The van der Waals surface area contributed by atoms with Crippen molar-refractivity contribution < 1.29 is 4.79 Å². The van der Waals surface area contributed by atoms with Crippen LogP contribution in [-0.4, -0.2) is 15.9 Å². The van der Waals surface area contributed by atoms with Gasteiger partial charge in [0, 0.05) is 29.0 Å². The predicted octanol–water partition coefficient (Wildman–Crippen LogP) is 4.54. The molecule has 1 aromatic carbocycles. The number of anilines is 1. The Morgan fingerprint density at radius 1 is 1.21 bits per heavy atom. The summed E-state index contributed by atoms with van der Waals surface area (Å²) in [5, 5.41) is 4.39. The van der Waals surface area contributed by atoms with E-state index in [0.717, 1.165) is 29.2 Å². The molecule has 1 N–H and O–H groups in total. The van der Waals surface area contributed by atoms with Gasteiger partial charge in [-0.3, -0.25) is 9.78 Å². The van der Waals surface area contributed by atoms with E-state index in [2.05, 4.69) is 15.3 Å². The maximum absolute atomic E-state index is 12.4. The molecule has 3 aromatic rings. The van der Waals surface area contributed by atoms with E-state index in [1.165, 1.54) is 11.3 Å². The van der Waals surface area contributed by atoms with E-state index in [0.29, 0.717) is 15.6 Å². The molecule has 2 heterocycles. The van der Waals surface area contributed by atoms with Crippen LogP contribution in [0.15, 0.2) is 48.7 Å². The molecule has 0 saturated carbocycles. The molecule has 6 heteroatoms. The summed E-state index contributed by atoms with van der Waals surface area (Å²) in [6, 6.07) is 13.0. The molecular weight excluding hydrogens is 342 g/mol. The van der Waals surface area contributed by atoms with Gasteiger partial charge in [0.25, 0.3) is 5.91 Å². The van der Waals surface area contributed by atoms with E-state index in [1.807, 2.05) is 31.2 Å². The molecule has 1 amide bonds. The molecule has 122 valence electrons. The Kier molecular flexibility index (Phi) is 5.23. The van der Waals surface area contributed by atoms with Crippen LogP contribution in [0.5, 0.6) is 0 Å². The number of rotatable bonds is 5. The molecule has 0 aliphatic heterocycles. The summed E-state index contributed by atoms with van der Waals surface area (Å²) >= 11 is 7.37. The highest BCUT2D eigenvalue weighted by atomic mass is 35.5. The molecule has 2 aromatic heterocycles. The number of hydrogen-bond donors (Lipinski definition) is 1. The van der Waals surface area contributed by atoms with Crippen LogP contribution in [0.3, 0.4) is 0 Å². The zero-order valence-corrected chi connectivity index (χ0v) is 14.7. The number of nitrogens with one attached hydrogen (secondary N) is 1. The first-order valence-corrected chi connectivity index (χ1v) is 8.74. The predicted molar refractivity (Wildman–Crippen MR) is 97.9 cm³/mol. The number of halogens is 1. The number of hydrogen-bond acceptors (Lipinski definition) is 4. The fraction of sp³-hybridized carbons (Fsp3) is 0.167. The van der Waals surface area contributed by atoms with Gasteiger partial charge >= 0.3 is 0 Å². The van der Waals surface area contributed by atoms with Crippen LogP contribution in [-0.2, 0) is 12.8 Å². The van der Waals surface area contributed by atoms with Crippen LogP contribution >= 0.6 is 22.9 Å². The minimum absolute atomic E-state index is 0.156. The lowest BCUT2D eigenvalue weighted by Gasteiger charge is -2.04. The number of thiazole rings is 1. The van der Waals surface area contributed by atoms with Crippen LogP contribution in [0.1, 0.15) is 26.1 Å². The van der Waals surface area contributed by atoms with Crippen molar-refractivity contribution in [3.05, 3.63) is 75.0 Å². The van der Waals surface area contributed by atoms with Gasteiger partial charge in [-0.25, -0.2) is 4.98 Å². The average molecular weight is 358 g/mol. The molecule has 0 unspecified atom stereocenters. The summed E-state index contributed by atoms with van der Waals surface area (Å²) in [5.74, 6) is -0.156. The zero-order valence-electron chi connectivity index (χ0n) is 13.1. The first kappa shape index (κ1) is 16.6. The highest BCUT2D eigenvalue weighted by molar-refractivity contribution is 7.13. The fourth-order valence-electron chi connectivity index (χ4n) is 2.31. The quantitative estimate of drug-likeness (QED) is 0.729. The minimum atomic E-state index is -0.156. The zero-order chi connectivity index (χ0) is 16.9. The number of aryl methyl sites for hydroxylation is 3. The van der Waals surface area contributed by atoms with Crippen LogP contribution in [0.2, 0.25) is 5.02 Å². The standard InChI is InChI=1S/C18H16ClN3OS/c1-12-17(18(23)22-15-7-4-5-13(19)11-15)24-16(21-12)9-8-14-6-2-3-10-20-14/h2-7,10-11H,8-9H2,1H3,(H,22,23). The molecule has 0 radical (unpaired) electrons. The number of carbonyl (C=O) groups is 1. The molecule has 3 rings (SSSR count). The van der Waals surface area contributed by atoms with E-state index in [9.17, 15) is 4.79 Å². The third-order valence-electron chi connectivity index (χ3n) is 3.45. The summed E-state index contributed by atoms with van der Waals surface area (Å²) in [6.45, 7) is 1.85. The Balaban J connectivity index is 1.68. The molecule has 24 heavy (non-hydrogen) atoms. The molecule has 0 saturated heterocycles. The van der Waals surface area contributed by atoms with Crippen molar-refractivity contribution in [2.24, 2.45) is 0 Å². The van der Waals surface area contributed by atoms with Crippen molar-refractivity contribution >= 4 is 34.5 Å². The highest BCUT2D eigenvalue weighted by Crippen LogP contribution is 2.22. The van der Waals surface area contributed by atoms with Crippen molar-refractivity contribution in [3.63, 3.8) is 0 Å². The molecule has 0 fully saturated rings. The van der Waals surface area contributed by atoms with Crippen molar-refractivity contribution in [2.75, 3.05) is 5.32 Å². The van der Waals surface area contributed by atoms with E-state index < -0.39 is 0 Å². The summed E-state index contributed by atoms with van der Waals surface area (Å²) in [6.07, 6.45) is 3.36. The first-order chi connectivity index (χ1) is 11.6. The van der Waals surface area contributed by atoms with E-state index in [1.54, 1.807) is 24.4 Å². The van der Waals surface area contributed by atoms with Crippen molar-refractivity contribution in [1.82, 2.24) is 9.97 Å². The van der Waals surface area contributed by atoms with Gasteiger partial charge in [0.15, 0.2) is 0 Å². The fourth-order valence-corrected chi connectivity index (χ4v) is 3.45. The van der Waals surface area contributed by atoms with Gasteiger partial charge in [0.1, 0.15) is 4.88 Å². The summed E-state index contributed by atoms with van der Waals surface area (Å²) < 4.78 is 0. The van der Waals surface area contributed by atoms with Crippen molar-refractivity contribution in [2.45, 2.75) is 19.8 Å². The lowest BCUT2D eigenvalue weighted by atomic mass is 10.2. The van der Waals surface area contributed by atoms with Crippen LogP contribution in [0, 0.1) is 6.92 Å². The monoisotopic (exact) mass is 357 g/mol. The second-order valence-corrected chi connectivity index (χ2v) is 6.83. The van der Waals surface area contributed by atoms with Crippen LogP contribution < -0.4 is 5.32 Å².